The average Bonchev–Trinajstić information content (AvgIpc) is 3.18. The third-order valence-electron chi connectivity index (χ3n) is 11.2. The highest BCUT2D eigenvalue weighted by atomic mass is 79.9. The van der Waals surface area contributed by atoms with E-state index in [2.05, 4.69) is 37.9 Å². The second-order valence-electron chi connectivity index (χ2n) is 16.8. The Labute approximate surface area is 357 Å². The molecule has 0 aromatic heterocycles. The summed E-state index contributed by atoms with van der Waals surface area (Å²) in [6.07, 6.45) is 1.06. The van der Waals surface area contributed by atoms with Crippen molar-refractivity contribution in [1.29, 1.82) is 5.26 Å². The molecule has 0 aliphatic carbocycles. The van der Waals surface area contributed by atoms with E-state index in [1.165, 1.54) is 24.3 Å². The van der Waals surface area contributed by atoms with Gasteiger partial charge in [0.2, 0.25) is 0 Å². The van der Waals surface area contributed by atoms with Crippen LogP contribution < -0.4 is 0 Å². The number of aliphatic hydroxyl groups excluding tert-OH is 1. The van der Waals surface area contributed by atoms with Crippen LogP contribution in [0, 0.1) is 33.8 Å². The molecule has 6 rings (SSSR count). The van der Waals surface area contributed by atoms with Crippen LogP contribution in [0.15, 0.2) is 106 Å². The molecule has 2 aliphatic heterocycles. The molecule has 0 spiro atoms. The highest BCUT2D eigenvalue weighted by Gasteiger charge is 2.48. The number of ether oxygens (including phenoxy) is 2. The van der Waals surface area contributed by atoms with E-state index in [0.717, 1.165) is 25.6 Å². The van der Waals surface area contributed by atoms with E-state index >= 15 is 0 Å². The number of aliphatic hydroxyl groups is 1. The first-order valence-electron chi connectivity index (χ1n) is 19.4. The van der Waals surface area contributed by atoms with Crippen molar-refractivity contribution in [3.63, 3.8) is 0 Å². The molecular formula is C46H51Br2F2N3O5. The predicted octanol–water partition coefficient (Wildman–Crippen LogP) is 12.1. The summed E-state index contributed by atoms with van der Waals surface area (Å²) in [7, 11) is 0. The maximum absolute atomic E-state index is 13.5. The number of amides is 2. The topological polar surface area (TPSA) is 103 Å². The standard InChI is InChI=1S/C23H24BrFN2O2.C23H27BrFNO3/c1-16(17-4-8-19(24)9-5-17)27-13-12-23(29-21(27)28,14-22(2,3)15-26)18-6-10-20(25)11-7-18;1-16(17-4-8-19(24)9-5-17)26-13-12-23(29-21(26)28,14-22(2,3)15-27)18-6-10-20(25)11-7-18/h4-11,16H,12-14H2,1-3H3;4-11,16,27H,12-15H2,1-3H3/t2*16-,23-/m00/s1. The van der Waals surface area contributed by atoms with Gasteiger partial charge in [0.05, 0.1) is 23.6 Å². The zero-order chi connectivity index (χ0) is 42.5. The van der Waals surface area contributed by atoms with E-state index in [1.807, 2.05) is 90.1 Å². The van der Waals surface area contributed by atoms with Gasteiger partial charge >= 0.3 is 12.2 Å². The van der Waals surface area contributed by atoms with Crippen LogP contribution in [0.2, 0.25) is 0 Å². The third kappa shape index (κ3) is 10.6. The molecule has 4 aromatic rings. The van der Waals surface area contributed by atoms with Crippen LogP contribution in [-0.2, 0) is 20.7 Å². The Kier molecular flexibility index (Phi) is 14.1. The normalized spacial score (nSPS) is 20.9. The zero-order valence-corrected chi connectivity index (χ0v) is 36.9. The van der Waals surface area contributed by atoms with Gasteiger partial charge in [-0.3, -0.25) is 0 Å². The monoisotopic (exact) mass is 921 g/mol. The molecule has 4 aromatic carbocycles. The molecule has 2 aliphatic rings. The molecule has 308 valence electrons. The number of carbonyl (C=O) groups is 2. The van der Waals surface area contributed by atoms with Crippen LogP contribution in [0.25, 0.3) is 0 Å². The molecule has 2 fully saturated rings. The molecule has 58 heavy (non-hydrogen) atoms. The van der Waals surface area contributed by atoms with Crippen molar-refractivity contribution < 1.29 is 33.0 Å². The first-order valence-corrected chi connectivity index (χ1v) is 20.9. The van der Waals surface area contributed by atoms with Gasteiger partial charge in [0, 0.05) is 47.9 Å². The number of carbonyl (C=O) groups excluding carboxylic acids is 2. The second kappa shape index (κ2) is 18.3. The first kappa shape index (κ1) is 44.8. The second-order valence-corrected chi connectivity index (χ2v) is 18.6. The summed E-state index contributed by atoms with van der Waals surface area (Å²) < 4.78 is 41.0. The van der Waals surface area contributed by atoms with Crippen LogP contribution in [0.5, 0.6) is 0 Å². The molecule has 12 heteroatoms. The molecule has 2 saturated heterocycles. The lowest BCUT2D eigenvalue weighted by atomic mass is 9.75. The van der Waals surface area contributed by atoms with Crippen molar-refractivity contribution in [3.8, 4) is 6.07 Å². The minimum absolute atomic E-state index is 0.0352. The summed E-state index contributed by atoms with van der Waals surface area (Å²) in [6, 6.07) is 29.8. The number of rotatable bonds is 11. The fraction of sp³-hybridized carbons (Fsp3) is 0.413. The quantitative estimate of drug-likeness (QED) is 0.161. The molecule has 0 saturated carbocycles. The largest absolute Gasteiger partial charge is 0.438 e. The summed E-state index contributed by atoms with van der Waals surface area (Å²) in [5, 5.41) is 19.3. The van der Waals surface area contributed by atoms with Gasteiger partial charge in [0.15, 0.2) is 0 Å². The maximum Gasteiger partial charge on any atom is 0.411 e. The first-order chi connectivity index (χ1) is 27.3. The van der Waals surface area contributed by atoms with Gasteiger partial charge in [0.1, 0.15) is 22.8 Å². The maximum atomic E-state index is 13.5. The predicted molar refractivity (Wildman–Crippen MR) is 226 cm³/mol. The zero-order valence-electron chi connectivity index (χ0n) is 33.8. The Balaban J connectivity index is 0.000000221. The van der Waals surface area contributed by atoms with Gasteiger partial charge < -0.3 is 24.4 Å². The SMILES string of the molecule is C[C@@H](c1ccc(Br)cc1)N1CC[C@](CC(C)(C)C#N)(c2ccc(F)cc2)OC1=O.C[C@@H](c1ccc(Br)cc1)N1CC[C@](CC(C)(C)CO)(c2ccc(F)cc2)OC1=O. The lowest BCUT2D eigenvalue weighted by Gasteiger charge is -2.46. The summed E-state index contributed by atoms with van der Waals surface area (Å²) in [4.78, 5) is 29.5. The Morgan fingerprint density at radius 1 is 0.690 bits per heavy atom. The highest BCUT2D eigenvalue weighted by Crippen LogP contribution is 2.46. The number of nitriles is 1. The van der Waals surface area contributed by atoms with Crippen molar-refractivity contribution in [2.24, 2.45) is 10.8 Å². The van der Waals surface area contributed by atoms with Crippen LogP contribution >= 0.6 is 31.9 Å². The van der Waals surface area contributed by atoms with Crippen molar-refractivity contribution in [1.82, 2.24) is 9.80 Å². The third-order valence-corrected chi connectivity index (χ3v) is 12.2. The smallest absolute Gasteiger partial charge is 0.411 e. The number of benzene rings is 4. The van der Waals surface area contributed by atoms with Crippen molar-refractivity contribution in [2.45, 2.75) is 90.5 Å². The summed E-state index contributed by atoms with van der Waals surface area (Å²) in [5.41, 5.74) is 0.498. The Hall–Kier alpha value is -4.31. The lowest BCUT2D eigenvalue weighted by molar-refractivity contribution is -0.0881. The number of hydrogen-bond donors (Lipinski definition) is 1. The van der Waals surface area contributed by atoms with Crippen molar-refractivity contribution >= 4 is 44.0 Å². The molecule has 4 atom stereocenters. The van der Waals surface area contributed by atoms with E-state index < -0.39 is 34.2 Å². The molecule has 0 unspecified atom stereocenters. The molecular weight excluding hydrogens is 872 g/mol. The van der Waals surface area contributed by atoms with E-state index in [1.54, 1.807) is 34.1 Å². The highest BCUT2D eigenvalue weighted by molar-refractivity contribution is 9.10. The minimum atomic E-state index is -0.958. The Morgan fingerprint density at radius 2 is 1.05 bits per heavy atom. The van der Waals surface area contributed by atoms with Crippen molar-refractivity contribution in [2.75, 3.05) is 19.7 Å². The number of nitrogens with zero attached hydrogens (tertiary/aromatic N) is 3. The molecule has 2 heterocycles. The van der Waals surface area contributed by atoms with Gasteiger partial charge in [0.25, 0.3) is 0 Å². The van der Waals surface area contributed by atoms with Crippen LogP contribution in [0.1, 0.15) is 102 Å². The fourth-order valence-electron chi connectivity index (χ4n) is 7.83. The van der Waals surface area contributed by atoms with Gasteiger partial charge in [-0.15, -0.1) is 0 Å². The summed E-state index contributed by atoms with van der Waals surface area (Å²) >= 11 is 6.86. The van der Waals surface area contributed by atoms with Crippen LogP contribution in [0.3, 0.4) is 0 Å². The number of halogens is 4. The Bertz CT molecular complexity index is 2070. The molecule has 0 bridgehead atoms. The van der Waals surface area contributed by atoms with Crippen LogP contribution in [-0.4, -0.2) is 46.8 Å². The summed E-state index contributed by atoms with van der Waals surface area (Å²) in [5.74, 6) is -0.686. The van der Waals surface area contributed by atoms with Crippen molar-refractivity contribution in [3.05, 3.63) is 140 Å². The van der Waals surface area contributed by atoms with E-state index in [4.69, 9.17) is 9.47 Å². The molecule has 2 amide bonds. The Morgan fingerprint density at radius 3 is 1.38 bits per heavy atom. The number of hydrogen-bond acceptors (Lipinski definition) is 6. The van der Waals surface area contributed by atoms with E-state index in [0.29, 0.717) is 44.3 Å². The fourth-order valence-corrected chi connectivity index (χ4v) is 8.36. The van der Waals surface area contributed by atoms with Gasteiger partial charge in [-0.05, 0) is 110 Å². The molecule has 8 nitrogen and oxygen atoms in total. The van der Waals surface area contributed by atoms with Gasteiger partial charge in [-0.1, -0.05) is 94.2 Å². The molecule has 1 N–H and O–H groups in total. The van der Waals surface area contributed by atoms with Gasteiger partial charge in [-0.2, -0.15) is 5.26 Å². The summed E-state index contributed by atoms with van der Waals surface area (Å²) in [6.45, 7) is 12.4. The average molecular weight is 924 g/mol. The van der Waals surface area contributed by atoms with E-state index in [9.17, 15) is 28.7 Å². The lowest BCUT2D eigenvalue weighted by Crippen LogP contribution is -2.50. The van der Waals surface area contributed by atoms with Gasteiger partial charge in [-0.25, -0.2) is 18.4 Å². The van der Waals surface area contributed by atoms with E-state index in [-0.39, 0.29) is 30.3 Å². The number of cyclic esters (lactones) is 2. The van der Waals surface area contributed by atoms with Crippen LogP contribution in [0.4, 0.5) is 18.4 Å². The minimum Gasteiger partial charge on any atom is -0.438 e. The molecule has 0 radical (unpaired) electrons.